The van der Waals surface area contributed by atoms with Gasteiger partial charge in [-0.2, -0.15) is 10.2 Å². The van der Waals surface area contributed by atoms with Crippen molar-refractivity contribution >= 4 is 11.3 Å². The zero-order valence-corrected chi connectivity index (χ0v) is 13.2. The maximum Gasteiger partial charge on any atom is 0.266 e. The molecule has 1 saturated heterocycles. The van der Waals surface area contributed by atoms with E-state index < -0.39 is 0 Å². The van der Waals surface area contributed by atoms with Crippen molar-refractivity contribution in [2.45, 2.75) is 20.4 Å². The predicted molar refractivity (Wildman–Crippen MR) is 86.7 cm³/mol. The minimum atomic E-state index is -0.0410. The standard InChI is InChI=1S/C16H18N6O/c1-11-3-4-15(23)22(18-11)10-13-8-20(9-13)16-14-7-12(2)19-21(14)6-5-17-16/h3-7,13H,8-10H2,1-2H3. The van der Waals surface area contributed by atoms with E-state index in [1.54, 1.807) is 23.0 Å². The summed E-state index contributed by atoms with van der Waals surface area (Å²) in [6.07, 6.45) is 3.63. The van der Waals surface area contributed by atoms with Crippen molar-refractivity contribution in [1.82, 2.24) is 24.4 Å². The van der Waals surface area contributed by atoms with E-state index in [0.717, 1.165) is 35.8 Å². The van der Waals surface area contributed by atoms with E-state index in [2.05, 4.69) is 20.1 Å². The van der Waals surface area contributed by atoms with Gasteiger partial charge in [0, 0.05) is 37.5 Å². The minimum absolute atomic E-state index is 0.0410. The van der Waals surface area contributed by atoms with Crippen molar-refractivity contribution in [2.75, 3.05) is 18.0 Å². The molecule has 1 aliphatic heterocycles. The van der Waals surface area contributed by atoms with Crippen LogP contribution in [0.25, 0.3) is 5.52 Å². The fourth-order valence-corrected chi connectivity index (χ4v) is 3.06. The summed E-state index contributed by atoms with van der Waals surface area (Å²) in [7, 11) is 0. The van der Waals surface area contributed by atoms with Crippen LogP contribution in [0, 0.1) is 19.8 Å². The van der Waals surface area contributed by atoms with Gasteiger partial charge in [0.05, 0.1) is 17.9 Å². The highest BCUT2D eigenvalue weighted by Crippen LogP contribution is 2.27. The molecule has 0 saturated carbocycles. The van der Waals surface area contributed by atoms with Gasteiger partial charge in [0.1, 0.15) is 5.52 Å². The van der Waals surface area contributed by atoms with Crippen LogP contribution in [0.4, 0.5) is 5.82 Å². The molecule has 1 fully saturated rings. The quantitative estimate of drug-likeness (QED) is 0.723. The third kappa shape index (κ3) is 2.48. The van der Waals surface area contributed by atoms with Gasteiger partial charge < -0.3 is 4.90 Å². The monoisotopic (exact) mass is 310 g/mol. The molecule has 0 radical (unpaired) electrons. The van der Waals surface area contributed by atoms with E-state index in [1.165, 1.54) is 0 Å². The number of rotatable bonds is 3. The predicted octanol–water partition coefficient (Wildman–Crippen LogP) is 1.04. The van der Waals surface area contributed by atoms with Gasteiger partial charge in [0.25, 0.3) is 5.56 Å². The molecular weight excluding hydrogens is 292 g/mol. The average molecular weight is 310 g/mol. The Morgan fingerprint density at radius 2 is 2.00 bits per heavy atom. The summed E-state index contributed by atoms with van der Waals surface area (Å²) in [6.45, 7) is 6.28. The molecular formula is C16H18N6O. The Balaban J connectivity index is 1.51. The van der Waals surface area contributed by atoms with E-state index in [0.29, 0.717) is 12.5 Å². The van der Waals surface area contributed by atoms with Gasteiger partial charge in [0.2, 0.25) is 0 Å². The number of fused-ring (bicyclic) bond motifs is 1. The van der Waals surface area contributed by atoms with Crippen molar-refractivity contribution in [3.8, 4) is 0 Å². The van der Waals surface area contributed by atoms with E-state index in [-0.39, 0.29) is 5.56 Å². The fourth-order valence-electron chi connectivity index (χ4n) is 3.06. The number of nitrogens with zero attached hydrogens (tertiary/aromatic N) is 6. The van der Waals surface area contributed by atoms with Gasteiger partial charge in [0.15, 0.2) is 5.82 Å². The molecule has 3 aromatic rings. The molecule has 1 aliphatic rings. The van der Waals surface area contributed by atoms with Crippen molar-refractivity contribution in [3.63, 3.8) is 0 Å². The largest absolute Gasteiger partial charge is 0.354 e. The highest BCUT2D eigenvalue weighted by atomic mass is 16.1. The Bertz CT molecular complexity index is 922. The Morgan fingerprint density at radius 1 is 1.17 bits per heavy atom. The maximum absolute atomic E-state index is 11.8. The Hall–Kier alpha value is -2.70. The lowest BCUT2D eigenvalue weighted by Crippen LogP contribution is -2.50. The van der Waals surface area contributed by atoms with Crippen LogP contribution in [-0.4, -0.2) is 37.5 Å². The van der Waals surface area contributed by atoms with E-state index >= 15 is 0 Å². The second-order valence-corrected chi connectivity index (χ2v) is 6.13. The average Bonchev–Trinajstić information content (AvgIpc) is 2.86. The van der Waals surface area contributed by atoms with Crippen LogP contribution in [-0.2, 0) is 6.54 Å². The fraction of sp³-hybridized carbons (Fsp3) is 0.375. The summed E-state index contributed by atoms with van der Waals surface area (Å²) in [5, 5.41) is 8.72. The second kappa shape index (κ2) is 5.19. The van der Waals surface area contributed by atoms with Crippen LogP contribution >= 0.6 is 0 Å². The summed E-state index contributed by atoms with van der Waals surface area (Å²) < 4.78 is 3.42. The first-order chi connectivity index (χ1) is 11.1. The number of anilines is 1. The van der Waals surface area contributed by atoms with Crippen LogP contribution < -0.4 is 10.5 Å². The van der Waals surface area contributed by atoms with Crippen molar-refractivity contribution in [2.24, 2.45) is 5.92 Å². The molecule has 4 rings (SSSR count). The smallest absolute Gasteiger partial charge is 0.266 e. The molecule has 0 amide bonds. The summed E-state index contributed by atoms with van der Waals surface area (Å²) >= 11 is 0. The summed E-state index contributed by atoms with van der Waals surface area (Å²) in [5.41, 5.74) is 2.82. The number of aromatic nitrogens is 5. The normalized spacial score (nSPS) is 15.1. The summed E-state index contributed by atoms with van der Waals surface area (Å²) in [4.78, 5) is 18.6. The van der Waals surface area contributed by atoms with Gasteiger partial charge in [-0.05, 0) is 26.0 Å². The van der Waals surface area contributed by atoms with Crippen LogP contribution in [0.1, 0.15) is 11.4 Å². The Morgan fingerprint density at radius 3 is 2.83 bits per heavy atom. The molecule has 4 heterocycles. The van der Waals surface area contributed by atoms with Crippen molar-refractivity contribution in [1.29, 1.82) is 0 Å². The van der Waals surface area contributed by atoms with Gasteiger partial charge in [-0.3, -0.25) is 4.79 Å². The molecule has 7 heteroatoms. The number of aryl methyl sites for hydroxylation is 2. The first-order valence-corrected chi connectivity index (χ1v) is 7.71. The third-order valence-electron chi connectivity index (χ3n) is 4.18. The molecule has 7 nitrogen and oxygen atoms in total. The molecule has 23 heavy (non-hydrogen) atoms. The van der Waals surface area contributed by atoms with Gasteiger partial charge in [-0.1, -0.05) is 0 Å². The molecule has 0 aliphatic carbocycles. The van der Waals surface area contributed by atoms with Gasteiger partial charge in [-0.15, -0.1) is 0 Å². The topological polar surface area (TPSA) is 68.3 Å². The molecule has 0 N–H and O–H groups in total. The van der Waals surface area contributed by atoms with Crippen LogP contribution in [0.3, 0.4) is 0 Å². The van der Waals surface area contributed by atoms with E-state index in [4.69, 9.17) is 0 Å². The van der Waals surface area contributed by atoms with Gasteiger partial charge >= 0.3 is 0 Å². The van der Waals surface area contributed by atoms with Crippen LogP contribution in [0.15, 0.2) is 35.4 Å². The van der Waals surface area contributed by atoms with E-state index in [1.807, 2.05) is 30.6 Å². The highest BCUT2D eigenvalue weighted by molar-refractivity contribution is 5.69. The molecule has 0 spiro atoms. The number of hydrogen-bond acceptors (Lipinski definition) is 5. The summed E-state index contributed by atoms with van der Waals surface area (Å²) in [6, 6.07) is 5.37. The van der Waals surface area contributed by atoms with Crippen LogP contribution in [0.2, 0.25) is 0 Å². The minimum Gasteiger partial charge on any atom is -0.354 e. The SMILES string of the molecule is Cc1ccc(=O)n(CC2CN(c3nccn4nc(C)cc34)C2)n1. The third-order valence-corrected chi connectivity index (χ3v) is 4.18. The lowest BCUT2D eigenvalue weighted by atomic mass is 10.00. The molecule has 0 atom stereocenters. The first kappa shape index (κ1) is 13.9. The van der Waals surface area contributed by atoms with Crippen molar-refractivity contribution in [3.05, 3.63) is 52.3 Å². The van der Waals surface area contributed by atoms with Crippen molar-refractivity contribution < 1.29 is 0 Å². The lowest BCUT2D eigenvalue weighted by Gasteiger charge is -2.40. The second-order valence-electron chi connectivity index (χ2n) is 6.13. The lowest BCUT2D eigenvalue weighted by molar-refractivity contribution is 0.332. The molecule has 3 aromatic heterocycles. The Labute approximate surface area is 133 Å². The molecule has 0 unspecified atom stereocenters. The zero-order chi connectivity index (χ0) is 16.0. The molecule has 0 bridgehead atoms. The zero-order valence-electron chi connectivity index (χ0n) is 13.2. The van der Waals surface area contributed by atoms with Crippen LogP contribution in [0.5, 0.6) is 0 Å². The highest BCUT2D eigenvalue weighted by Gasteiger charge is 2.30. The number of hydrogen-bond donors (Lipinski definition) is 0. The molecule has 0 aromatic carbocycles. The van der Waals surface area contributed by atoms with Gasteiger partial charge in [-0.25, -0.2) is 14.2 Å². The molecule has 118 valence electrons. The Kier molecular flexibility index (Phi) is 3.14. The summed E-state index contributed by atoms with van der Waals surface area (Å²) in [5.74, 6) is 1.36. The first-order valence-electron chi connectivity index (χ1n) is 7.71. The van der Waals surface area contributed by atoms with E-state index in [9.17, 15) is 4.79 Å². The maximum atomic E-state index is 11.8.